The van der Waals surface area contributed by atoms with Gasteiger partial charge in [-0.2, -0.15) is 10.1 Å². The van der Waals surface area contributed by atoms with E-state index < -0.39 is 0 Å². The lowest BCUT2D eigenvalue weighted by molar-refractivity contribution is 0.398. The number of nitrogens with zero attached hydrogens (tertiary/aromatic N) is 2. The zero-order valence-electron chi connectivity index (χ0n) is 10.2. The van der Waals surface area contributed by atoms with Crippen molar-refractivity contribution in [2.24, 2.45) is 5.73 Å². The highest BCUT2D eigenvalue weighted by atomic mass is 35.5. The molecule has 2 aromatic heterocycles. The van der Waals surface area contributed by atoms with Gasteiger partial charge in [0.25, 0.3) is 0 Å². The van der Waals surface area contributed by atoms with Crippen LogP contribution < -0.4 is 10.5 Å². The molecule has 2 rings (SSSR count). The molecule has 0 atom stereocenters. The summed E-state index contributed by atoms with van der Waals surface area (Å²) in [7, 11) is 1.57. The van der Waals surface area contributed by atoms with Crippen molar-refractivity contribution in [2.75, 3.05) is 13.7 Å². The lowest BCUT2D eigenvalue weighted by atomic mass is 10.2. The fraction of sp³-hybridized carbons (Fsp3) is 0.273. The standard InChI is InChI=1S/C11H12N4O.3ClH/c1-16-11-8(4-2-3-5-12)6-9-7-13-15-10(9)14-11;;;/h6-7H,3,5,12H2,1H3,(H,13,14,15);3*1H. The van der Waals surface area contributed by atoms with Crippen molar-refractivity contribution in [3.63, 3.8) is 0 Å². The fourth-order valence-corrected chi connectivity index (χ4v) is 1.34. The molecule has 0 amide bonds. The van der Waals surface area contributed by atoms with E-state index in [9.17, 15) is 0 Å². The van der Waals surface area contributed by atoms with Gasteiger partial charge in [0.15, 0.2) is 5.65 Å². The Morgan fingerprint density at radius 1 is 1.37 bits per heavy atom. The van der Waals surface area contributed by atoms with Crippen molar-refractivity contribution in [1.29, 1.82) is 0 Å². The van der Waals surface area contributed by atoms with E-state index in [4.69, 9.17) is 10.5 Å². The van der Waals surface area contributed by atoms with Crippen LogP contribution in [0.15, 0.2) is 12.3 Å². The van der Waals surface area contributed by atoms with E-state index in [2.05, 4.69) is 27.0 Å². The van der Waals surface area contributed by atoms with Crippen molar-refractivity contribution < 1.29 is 4.74 Å². The monoisotopic (exact) mass is 324 g/mol. The quantitative estimate of drug-likeness (QED) is 0.827. The van der Waals surface area contributed by atoms with Crippen LogP contribution in [0.25, 0.3) is 11.0 Å². The number of aromatic amines is 1. The van der Waals surface area contributed by atoms with Crippen molar-refractivity contribution in [3.8, 4) is 17.7 Å². The van der Waals surface area contributed by atoms with Crippen molar-refractivity contribution in [2.45, 2.75) is 6.42 Å². The summed E-state index contributed by atoms with van der Waals surface area (Å²) in [5.41, 5.74) is 6.82. The number of pyridine rings is 1. The Morgan fingerprint density at radius 2 is 2.11 bits per heavy atom. The number of ether oxygens (including phenoxy) is 1. The molecule has 0 saturated heterocycles. The third-order valence-electron chi connectivity index (χ3n) is 2.08. The minimum Gasteiger partial charge on any atom is -0.480 e. The van der Waals surface area contributed by atoms with E-state index in [1.165, 1.54) is 0 Å². The number of aromatic nitrogens is 3. The van der Waals surface area contributed by atoms with E-state index in [1.54, 1.807) is 13.3 Å². The van der Waals surface area contributed by atoms with Crippen LogP contribution in [-0.4, -0.2) is 28.8 Å². The van der Waals surface area contributed by atoms with Gasteiger partial charge >= 0.3 is 0 Å². The summed E-state index contributed by atoms with van der Waals surface area (Å²) in [6.45, 7) is 0.552. The van der Waals surface area contributed by atoms with Crippen LogP contribution >= 0.6 is 37.2 Å². The average molecular weight is 326 g/mol. The third-order valence-corrected chi connectivity index (χ3v) is 2.08. The maximum Gasteiger partial charge on any atom is 0.231 e. The van der Waals surface area contributed by atoms with Gasteiger partial charge < -0.3 is 10.5 Å². The number of H-pyrrole nitrogens is 1. The van der Waals surface area contributed by atoms with Gasteiger partial charge in [-0.1, -0.05) is 11.8 Å². The van der Waals surface area contributed by atoms with Gasteiger partial charge in [-0.25, -0.2) is 0 Å². The maximum absolute atomic E-state index is 5.37. The Balaban J connectivity index is 0. The molecule has 0 fully saturated rings. The Bertz CT molecular complexity index is 562. The lowest BCUT2D eigenvalue weighted by Gasteiger charge is -2.01. The molecule has 3 N–H and O–H groups in total. The van der Waals surface area contributed by atoms with Crippen molar-refractivity contribution >= 4 is 48.3 Å². The smallest absolute Gasteiger partial charge is 0.231 e. The zero-order chi connectivity index (χ0) is 11.4. The largest absolute Gasteiger partial charge is 0.480 e. The van der Waals surface area contributed by atoms with E-state index in [0.717, 1.165) is 10.9 Å². The molecule has 0 spiro atoms. The summed E-state index contributed by atoms with van der Waals surface area (Å²) in [5, 5.41) is 7.60. The average Bonchev–Trinajstić information content (AvgIpc) is 2.75. The van der Waals surface area contributed by atoms with Crippen LogP contribution in [0.5, 0.6) is 5.88 Å². The van der Waals surface area contributed by atoms with Crippen LogP contribution in [0.2, 0.25) is 0 Å². The first-order valence-corrected chi connectivity index (χ1v) is 4.92. The topological polar surface area (TPSA) is 76.8 Å². The maximum atomic E-state index is 5.37. The molecule has 2 aromatic rings. The first-order valence-electron chi connectivity index (χ1n) is 4.92. The fourth-order valence-electron chi connectivity index (χ4n) is 1.34. The van der Waals surface area contributed by atoms with Gasteiger partial charge in [-0.3, -0.25) is 5.10 Å². The molecule has 0 aliphatic heterocycles. The molecule has 8 heteroatoms. The third kappa shape index (κ3) is 4.77. The second-order valence-electron chi connectivity index (χ2n) is 3.19. The van der Waals surface area contributed by atoms with Crippen molar-refractivity contribution in [3.05, 3.63) is 17.8 Å². The van der Waals surface area contributed by atoms with Gasteiger partial charge in [-0.05, 0) is 6.07 Å². The van der Waals surface area contributed by atoms with E-state index in [1.807, 2.05) is 6.07 Å². The number of hydrogen-bond donors (Lipinski definition) is 2. The molecule has 106 valence electrons. The predicted octanol–water partition coefficient (Wildman–Crippen LogP) is 1.93. The highest BCUT2D eigenvalue weighted by Crippen LogP contribution is 2.19. The Morgan fingerprint density at radius 3 is 2.74 bits per heavy atom. The normalized spacial score (nSPS) is 8.32. The van der Waals surface area contributed by atoms with Crippen LogP contribution in [0, 0.1) is 11.8 Å². The first-order chi connectivity index (χ1) is 7.85. The minimum absolute atomic E-state index is 0. The Hall–Kier alpha value is -1.19. The van der Waals surface area contributed by atoms with Crippen LogP contribution in [0.3, 0.4) is 0 Å². The van der Waals surface area contributed by atoms with Crippen molar-refractivity contribution in [1.82, 2.24) is 15.2 Å². The van der Waals surface area contributed by atoms with Crippen LogP contribution in [-0.2, 0) is 0 Å². The molecule has 0 aromatic carbocycles. The summed E-state index contributed by atoms with van der Waals surface area (Å²) in [5.74, 6) is 6.45. The number of methoxy groups -OCH3 is 1. The van der Waals surface area contributed by atoms with Gasteiger partial charge in [0.1, 0.15) is 0 Å². The zero-order valence-corrected chi connectivity index (χ0v) is 12.6. The van der Waals surface area contributed by atoms with Gasteiger partial charge in [0.2, 0.25) is 5.88 Å². The van der Waals surface area contributed by atoms with E-state index in [-0.39, 0.29) is 37.2 Å². The number of hydrogen-bond acceptors (Lipinski definition) is 4. The van der Waals surface area contributed by atoms with E-state index in [0.29, 0.717) is 24.5 Å². The summed E-state index contributed by atoms with van der Waals surface area (Å²) in [6.07, 6.45) is 2.36. The predicted molar refractivity (Wildman–Crippen MR) is 82.7 cm³/mol. The van der Waals surface area contributed by atoms with Crippen LogP contribution in [0.1, 0.15) is 12.0 Å². The minimum atomic E-state index is 0. The first kappa shape index (κ1) is 20.1. The number of nitrogens with two attached hydrogens (primary N) is 1. The molecule has 2 heterocycles. The Kier molecular flexibility index (Phi) is 10.3. The summed E-state index contributed by atoms with van der Waals surface area (Å²) < 4.78 is 5.16. The summed E-state index contributed by atoms with van der Waals surface area (Å²) >= 11 is 0. The van der Waals surface area contributed by atoms with Gasteiger partial charge in [0, 0.05) is 18.4 Å². The van der Waals surface area contributed by atoms with Crippen LogP contribution in [0.4, 0.5) is 0 Å². The lowest BCUT2D eigenvalue weighted by Crippen LogP contribution is -1.96. The molecular weight excluding hydrogens is 311 g/mol. The number of rotatable bonds is 2. The summed E-state index contributed by atoms with van der Waals surface area (Å²) in [6, 6.07) is 1.90. The molecule has 19 heavy (non-hydrogen) atoms. The molecule has 0 bridgehead atoms. The molecule has 0 unspecified atom stereocenters. The second kappa shape index (κ2) is 9.70. The number of halogens is 3. The number of fused-ring (bicyclic) bond motifs is 1. The Labute approximate surface area is 129 Å². The highest BCUT2D eigenvalue weighted by molar-refractivity contribution is 5.86. The SMILES string of the molecule is COc1nc2[nH]ncc2cc1C#CCCN.Cl.Cl.Cl. The molecule has 5 nitrogen and oxygen atoms in total. The van der Waals surface area contributed by atoms with Gasteiger partial charge in [0.05, 0.1) is 18.9 Å². The van der Waals surface area contributed by atoms with E-state index >= 15 is 0 Å². The van der Waals surface area contributed by atoms with Gasteiger partial charge in [-0.15, -0.1) is 37.2 Å². The highest BCUT2D eigenvalue weighted by Gasteiger charge is 2.06. The molecule has 0 aliphatic rings. The molecular formula is C11H15Cl3N4O. The summed E-state index contributed by atoms with van der Waals surface area (Å²) in [4.78, 5) is 4.26. The molecule has 0 aliphatic carbocycles. The molecule has 0 radical (unpaired) electrons. The second-order valence-corrected chi connectivity index (χ2v) is 3.19. The number of nitrogens with one attached hydrogen (secondary N) is 1. The molecule has 0 saturated carbocycles.